The van der Waals surface area contributed by atoms with Crippen molar-refractivity contribution >= 4 is 15.9 Å². The Bertz CT molecular complexity index is 607. The molecule has 0 saturated heterocycles. The van der Waals surface area contributed by atoms with Crippen molar-refractivity contribution in [3.63, 3.8) is 0 Å². The van der Waals surface area contributed by atoms with Gasteiger partial charge in [0.1, 0.15) is 0 Å². The van der Waals surface area contributed by atoms with E-state index in [0.29, 0.717) is 18.7 Å². The normalized spacial score (nSPS) is 12.5. The van der Waals surface area contributed by atoms with Crippen LogP contribution in [0.1, 0.15) is 38.1 Å². The third kappa shape index (κ3) is 5.40. The quantitative estimate of drug-likeness (QED) is 0.697. The third-order valence-electron chi connectivity index (χ3n) is 3.07. The second-order valence-corrected chi connectivity index (χ2v) is 8.08. The van der Waals surface area contributed by atoms with Crippen molar-refractivity contribution in [2.45, 2.75) is 38.1 Å². The standard InChI is InChI=1S/C15H25N3O3S/c1-11(2)9-17-22(20,21)13-7-5-12(6-8-13)14(19)18-15(3,4)10-16/h5-8,11,17H,9-10,16H2,1-4H3,(H,18,19). The average molecular weight is 327 g/mol. The zero-order valence-corrected chi connectivity index (χ0v) is 14.3. The molecule has 0 unspecified atom stereocenters. The molecular formula is C15H25N3O3S. The largest absolute Gasteiger partial charge is 0.346 e. The number of sulfonamides is 1. The Morgan fingerprint density at radius 1 is 1.23 bits per heavy atom. The van der Waals surface area contributed by atoms with Crippen molar-refractivity contribution in [2.75, 3.05) is 13.1 Å². The number of rotatable bonds is 7. The van der Waals surface area contributed by atoms with Gasteiger partial charge in [-0.25, -0.2) is 13.1 Å². The van der Waals surface area contributed by atoms with Gasteiger partial charge in [-0.2, -0.15) is 0 Å². The molecule has 0 saturated carbocycles. The molecule has 1 aromatic rings. The van der Waals surface area contributed by atoms with Gasteiger partial charge in [0.25, 0.3) is 5.91 Å². The lowest BCUT2D eigenvalue weighted by molar-refractivity contribution is 0.0915. The van der Waals surface area contributed by atoms with Crippen LogP contribution in [0.4, 0.5) is 0 Å². The summed E-state index contributed by atoms with van der Waals surface area (Å²) >= 11 is 0. The molecule has 124 valence electrons. The minimum atomic E-state index is -3.54. The molecule has 0 spiro atoms. The molecule has 1 aromatic carbocycles. The van der Waals surface area contributed by atoms with Crippen LogP contribution in [0.3, 0.4) is 0 Å². The van der Waals surface area contributed by atoms with Gasteiger partial charge in [-0.1, -0.05) is 13.8 Å². The molecular weight excluding hydrogens is 302 g/mol. The maximum atomic E-state index is 12.1. The van der Waals surface area contributed by atoms with Crippen molar-refractivity contribution in [3.05, 3.63) is 29.8 Å². The van der Waals surface area contributed by atoms with Crippen LogP contribution in [0.25, 0.3) is 0 Å². The van der Waals surface area contributed by atoms with Crippen LogP contribution in [0.2, 0.25) is 0 Å². The Balaban J connectivity index is 2.84. The minimum Gasteiger partial charge on any atom is -0.346 e. The molecule has 0 radical (unpaired) electrons. The van der Waals surface area contributed by atoms with E-state index >= 15 is 0 Å². The lowest BCUT2D eigenvalue weighted by Gasteiger charge is -2.24. The van der Waals surface area contributed by atoms with Crippen LogP contribution in [0, 0.1) is 5.92 Å². The highest BCUT2D eigenvalue weighted by molar-refractivity contribution is 7.89. The topological polar surface area (TPSA) is 101 Å². The van der Waals surface area contributed by atoms with Crippen LogP contribution in [-0.4, -0.2) is 33.0 Å². The van der Waals surface area contributed by atoms with E-state index in [1.807, 2.05) is 27.7 Å². The first-order chi connectivity index (χ1) is 10.1. The van der Waals surface area contributed by atoms with Crippen LogP contribution >= 0.6 is 0 Å². The molecule has 0 aromatic heterocycles. The van der Waals surface area contributed by atoms with Gasteiger partial charge in [0.2, 0.25) is 10.0 Å². The van der Waals surface area contributed by atoms with E-state index in [2.05, 4.69) is 10.0 Å². The number of carbonyl (C=O) groups excluding carboxylic acids is 1. The second-order valence-electron chi connectivity index (χ2n) is 6.31. The van der Waals surface area contributed by atoms with E-state index < -0.39 is 15.6 Å². The lowest BCUT2D eigenvalue weighted by atomic mass is 10.1. The fraction of sp³-hybridized carbons (Fsp3) is 0.533. The van der Waals surface area contributed by atoms with Crippen molar-refractivity contribution in [3.8, 4) is 0 Å². The fourth-order valence-electron chi connectivity index (χ4n) is 1.58. The smallest absolute Gasteiger partial charge is 0.251 e. The van der Waals surface area contributed by atoms with Crippen LogP contribution in [-0.2, 0) is 10.0 Å². The highest BCUT2D eigenvalue weighted by Gasteiger charge is 2.20. The molecule has 22 heavy (non-hydrogen) atoms. The lowest BCUT2D eigenvalue weighted by Crippen LogP contribution is -2.48. The van der Waals surface area contributed by atoms with Gasteiger partial charge in [-0.15, -0.1) is 0 Å². The molecule has 0 bridgehead atoms. The first kappa shape index (κ1) is 18.6. The van der Waals surface area contributed by atoms with Gasteiger partial charge in [-0.3, -0.25) is 4.79 Å². The van der Waals surface area contributed by atoms with E-state index in [1.165, 1.54) is 24.3 Å². The van der Waals surface area contributed by atoms with E-state index in [9.17, 15) is 13.2 Å². The summed E-state index contributed by atoms with van der Waals surface area (Å²) in [7, 11) is -3.54. The number of nitrogens with one attached hydrogen (secondary N) is 2. The Hall–Kier alpha value is -1.44. The highest BCUT2D eigenvalue weighted by atomic mass is 32.2. The summed E-state index contributed by atoms with van der Waals surface area (Å²) in [6, 6.07) is 5.83. The van der Waals surface area contributed by atoms with Gasteiger partial charge in [-0.05, 0) is 44.0 Å². The molecule has 1 rings (SSSR count). The van der Waals surface area contributed by atoms with Crippen molar-refractivity contribution in [1.82, 2.24) is 10.0 Å². The summed E-state index contributed by atoms with van der Waals surface area (Å²) in [5, 5.41) is 2.79. The Morgan fingerprint density at radius 2 is 1.77 bits per heavy atom. The average Bonchev–Trinajstić information content (AvgIpc) is 2.45. The molecule has 1 amide bonds. The van der Waals surface area contributed by atoms with Gasteiger partial charge in [0.05, 0.1) is 4.90 Å². The predicted octanol–water partition coefficient (Wildman–Crippen LogP) is 1.09. The zero-order valence-electron chi connectivity index (χ0n) is 13.5. The summed E-state index contributed by atoms with van der Waals surface area (Å²) in [6.45, 7) is 8.17. The van der Waals surface area contributed by atoms with Gasteiger partial charge < -0.3 is 11.1 Å². The predicted molar refractivity (Wildman–Crippen MR) is 87.1 cm³/mol. The Kier molecular flexibility index (Phi) is 6.10. The molecule has 0 aliphatic rings. The molecule has 0 atom stereocenters. The first-order valence-electron chi connectivity index (χ1n) is 7.20. The summed E-state index contributed by atoms with van der Waals surface area (Å²) in [6.07, 6.45) is 0. The maximum Gasteiger partial charge on any atom is 0.251 e. The molecule has 0 fully saturated rings. The second kappa shape index (κ2) is 7.21. The zero-order chi connectivity index (χ0) is 17.0. The molecule has 0 aliphatic heterocycles. The van der Waals surface area contributed by atoms with Crippen molar-refractivity contribution in [2.24, 2.45) is 11.7 Å². The summed E-state index contributed by atoms with van der Waals surface area (Å²) < 4.78 is 26.7. The highest BCUT2D eigenvalue weighted by Crippen LogP contribution is 2.12. The number of hydrogen-bond acceptors (Lipinski definition) is 4. The molecule has 6 nitrogen and oxygen atoms in total. The number of amides is 1. The van der Waals surface area contributed by atoms with E-state index in [0.717, 1.165) is 0 Å². The van der Waals surface area contributed by atoms with Gasteiger partial charge in [0.15, 0.2) is 0 Å². The van der Waals surface area contributed by atoms with E-state index in [4.69, 9.17) is 5.73 Å². The van der Waals surface area contributed by atoms with E-state index in [1.54, 1.807) is 0 Å². The molecule has 0 aliphatic carbocycles. The number of hydrogen-bond donors (Lipinski definition) is 3. The molecule has 0 heterocycles. The maximum absolute atomic E-state index is 12.1. The fourth-order valence-corrected chi connectivity index (χ4v) is 2.79. The van der Waals surface area contributed by atoms with Gasteiger partial charge in [0, 0.05) is 24.2 Å². The summed E-state index contributed by atoms with van der Waals surface area (Å²) in [5.74, 6) is -0.0622. The summed E-state index contributed by atoms with van der Waals surface area (Å²) in [5.41, 5.74) is 5.45. The van der Waals surface area contributed by atoms with E-state index in [-0.39, 0.29) is 16.7 Å². The number of benzene rings is 1. The molecule has 4 N–H and O–H groups in total. The van der Waals surface area contributed by atoms with Gasteiger partial charge >= 0.3 is 0 Å². The third-order valence-corrected chi connectivity index (χ3v) is 4.51. The summed E-state index contributed by atoms with van der Waals surface area (Å²) in [4.78, 5) is 12.2. The Labute approximate surface area is 132 Å². The van der Waals surface area contributed by atoms with Crippen molar-refractivity contribution < 1.29 is 13.2 Å². The SMILES string of the molecule is CC(C)CNS(=O)(=O)c1ccc(C(=O)NC(C)(C)CN)cc1. The number of carbonyl (C=O) groups is 1. The van der Waals surface area contributed by atoms with Crippen LogP contribution < -0.4 is 15.8 Å². The minimum absolute atomic E-state index is 0.141. The molecule has 7 heteroatoms. The first-order valence-corrected chi connectivity index (χ1v) is 8.68. The van der Waals surface area contributed by atoms with Crippen LogP contribution in [0.5, 0.6) is 0 Å². The number of nitrogens with two attached hydrogens (primary N) is 1. The van der Waals surface area contributed by atoms with Crippen LogP contribution in [0.15, 0.2) is 29.2 Å². The monoisotopic (exact) mass is 327 g/mol. The van der Waals surface area contributed by atoms with Crippen molar-refractivity contribution in [1.29, 1.82) is 0 Å². The Morgan fingerprint density at radius 3 is 2.23 bits per heavy atom.